The molecule has 0 heterocycles. The Balaban J connectivity index is 1.74. The largest absolute Gasteiger partial charge is 0.481 e. The van der Waals surface area contributed by atoms with E-state index in [1.807, 2.05) is 0 Å². The normalized spacial score (nSPS) is 38.8. The van der Waals surface area contributed by atoms with Crippen LogP contribution in [0.3, 0.4) is 0 Å². The minimum absolute atomic E-state index is 0.387. The molecule has 2 saturated carbocycles. The summed E-state index contributed by atoms with van der Waals surface area (Å²) in [6, 6.07) is 0. The molecule has 0 aromatic heterocycles. The van der Waals surface area contributed by atoms with Crippen molar-refractivity contribution in [1.29, 1.82) is 0 Å². The molecule has 68 valence electrons. The molecule has 0 spiro atoms. The molecule has 0 radical (unpaired) electrons. The Morgan fingerprint density at radius 1 is 1.25 bits per heavy atom. The van der Waals surface area contributed by atoms with Gasteiger partial charge in [0, 0.05) is 6.42 Å². The molecule has 0 saturated heterocycles. The van der Waals surface area contributed by atoms with Crippen molar-refractivity contribution in [3.8, 4) is 0 Å². The third-order valence-electron chi connectivity index (χ3n) is 3.53. The van der Waals surface area contributed by atoms with E-state index in [-0.39, 0.29) is 0 Å². The van der Waals surface area contributed by atoms with Crippen LogP contribution in [0.15, 0.2) is 0 Å². The maximum Gasteiger partial charge on any atom is 0.303 e. The summed E-state index contributed by atoms with van der Waals surface area (Å²) in [7, 11) is 0. The van der Waals surface area contributed by atoms with Gasteiger partial charge in [0.2, 0.25) is 0 Å². The zero-order valence-electron chi connectivity index (χ0n) is 7.33. The minimum Gasteiger partial charge on any atom is -0.481 e. The van der Waals surface area contributed by atoms with E-state index in [2.05, 4.69) is 0 Å². The number of carboxylic acids is 1. The molecule has 0 aliphatic heterocycles. The van der Waals surface area contributed by atoms with Crippen LogP contribution in [0.2, 0.25) is 0 Å². The lowest BCUT2D eigenvalue weighted by Gasteiger charge is -2.05. The molecular formula is C10H16O2. The lowest BCUT2D eigenvalue weighted by Crippen LogP contribution is -1.95. The van der Waals surface area contributed by atoms with Gasteiger partial charge in [-0.15, -0.1) is 0 Å². The summed E-state index contributed by atoms with van der Waals surface area (Å²) in [6.45, 7) is 0. The maximum atomic E-state index is 10.3. The summed E-state index contributed by atoms with van der Waals surface area (Å²) in [5.41, 5.74) is 0. The number of hydrogen-bond acceptors (Lipinski definition) is 1. The lowest BCUT2D eigenvalue weighted by atomic mass is 10.0. The SMILES string of the molecule is O=C(O)CCC1[C@H]2CCCC[C@@H]12. The van der Waals surface area contributed by atoms with Crippen molar-refractivity contribution in [3.63, 3.8) is 0 Å². The Hall–Kier alpha value is -0.530. The molecule has 0 aromatic rings. The van der Waals surface area contributed by atoms with Crippen molar-refractivity contribution < 1.29 is 9.90 Å². The standard InChI is InChI=1S/C10H16O2/c11-10(12)6-5-9-7-3-1-2-4-8(7)9/h7-9H,1-6H2,(H,11,12)/t7-,8+,9?. The van der Waals surface area contributed by atoms with Crippen molar-refractivity contribution in [2.45, 2.75) is 38.5 Å². The molecule has 2 nitrogen and oxygen atoms in total. The van der Waals surface area contributed by atoms with Crippen LogP contribution in [0, 0.1) is 17.8 Å². The second-order valence-corrected chi connectivity index (χ2v) is 4.21. The highest BCUT2D eigenvalue weighted by Gasteiger charge is 2.49. The van der Waals surface area contributed by atoms with E-state index in [0.29, 0.717) is 6.42 Å². The number of rotatable bonds is 3. The third-order valence-corrected chi connectivity index (χ3v) is 3.53. The Labute approximate surface area is 73.0 Å². The van der Waals surface area contributed by atoms with Crippen LogP contribution < -0.4 is 0 Å². The van der Waals surface area contributed by atoms with E-state index in [0.717, 1.165) is 24.2 Å². The summed E-state index contributed by atoms with van der Waals surface area (Å²) < 4.78 is 0. The van der Waals surface area contributed by atoms with E-state index in [1.165, 1.54) is 25.7 Å². The van der Waals surface area contributed by atoms with Crippen LogP contribution in [-0.2, 0) is 4.79 Å². The number of fused-ring (bicyclic) bond motifs is 1. The van der Waals surface area contributed by atoms with Crippen molar-refractivity contribution >= 4 is 5.97 Å². The van der Waals surface area contributed by atoms with Gasteiger partial charge >= 0.3 is 5.97 Å². The van der Waals surface area contributed by atoms with Gasteiger partial charge in [0.1, 0.15) is 0 Å². The molecule has 2 heteroatoms. The van der Waals surface area contributed by atoms with Crippen LogP contribution in [0.5, 0.6) is 0 Å². The first-order valence-corrected chi connectivity index (χ1v) is 5.01. The van der Waals surface area contributed by atoms with Crippen LogP contribution in [0.4, 0.5) is 0 Å². The van der Waals surface area contributed by atoms with E-state index >= 15 is 0 Å². The van der Waals surface area contributed by atoms with E-state index < -0.39 is 5.97 Å². The topological polar surface area (TPSA) is 37.3 Å². The molecule has 2 aliphatic rings. The molecule has 2 rings (SSSR count). The lowest BCUT2D eigenvalue weighted by molar-refractivity contribution is -0.137. The average molecular weight is 168 g/mol. The number of aliphatic carboxylic acids is 1. The van der Waals surface area contributed by atoms with Gasteiger partial charge in [0.05, 0.1) is 0 Å². The first kappa shape index (κ1) is 8.09. The van der Waals surface area contributed by atoms with Gasteiger partial charge in [-0.25, -0.2) is 0 Å². The van der Waals surface area contributed by atoms with Gasteiger partial charge < -0.3 is 5.11 Å². The average Bonchev–Trinajstić information content (AvgIpc) is 2.74. The van der Waals surface area contributed by atoms with Crippen LogP contribution in [-0.4, -0.2) is 11.1 Å². The number of carbonyl (C=O) groups is 1. The number of hydrogen-bond donors (Lipinski definition) is 1. The molecule has 0 aromatic carbocycles. The molecule has 2 aliphatic carbocycles. The second-order valence-electron chi connectivity index (χ2n) is 4.21. The van der Waals surface area contributed by atoms with Gasteiger partial charge in [-0.2, -0.15) is 0 Å². The summed E-state index contributed by atoms with van der Waals surface area (Å²) >= 11 is 0. The molecule has 3 atom stereocenters. The predicted octanol–water partition coefficient (Wildman–Crippen LogP) is 2.29. The monoisotopic (exact) mass is 168 g/mol. The summed E-state index contributed by atoms with van der Waals surface area (Å²) in [6.07, 6.45) is 6.82. The number of carboxylic acid groups (broad SMARTS) is 1. The second kappa shape index (κ2) is 3.08. The van der Waals surface area contributed by atoms with Gasteiger partial charge in [-0.3, -0.25) is 4.79 Å². The predicted molar refractivity (Wildman–Crippen MR) is 45.8 cm³/mol. The zero-order chi connectivity index (χ0) is 8.55. The van der Waals surface area contributed by atoms with Crippen molar-refractivity contribution in [1.82, 2.24) is 0 Å². The summed E-state index contributed by atoms with van der Waals surface area (Å²) in [5, 5.41) is 8.52. The van der Waals surface area contributed by atoms with Gasteiger partial charge in [-0.1, -0.05) is 12.8 Å². The highest BCUT2D eigenvalue weighted by molar-refractivity contribution is 5.66. The van der Waals surface area contributed by atoms with Crippen LogP contribution >= 0.6 is 0 Å². The van der Waals surface area contributed by atoms with E-state index in [9.17, 15) is 4.79 Å². The smallest absolute Gasteiger partial charge is 0.303 e. The quantitative estimate of drug-likeness (QED) is 0.702. The zero-order valence-corrected chi connectivity index (χ0v) is 7.33. The van der Waals surface area contributed by atoms with Crippen LogP contribution in [0.25, 0.3) is 0 Å². The minimum atomic E-state index is -0.626. The van der Waals surface area contributed by atoms with Crippen molar-refractivity contribution in [2.24, 2.45) is 17.8 Å². The Morgan fingerprint density at radius 3 is 2.33 bits per heavy atom. The molecule has 1 unspecified atom stereocenters. The van der Waals surface area contributed by atoms with Crippen molar-refractivity contribution in [2.75, 3.05) is 0 Å². The fourth-order valence-electron chi connectivity index (χ4n) is 2.86. The first-order valence-electron chi connectivity index (χ1n) is 5.01. The highest BCUT2D eigenvalue weighted by atomic mass is 16.4. The molecule has 0 amide bonds. The molecule has 12 heavy (non-hydrogen) atoms. The molecule has 0 bridgehead atoms. The first-order chi connectivity index (χ1) is 5.79. The van der Waals surface area contributed by atoms with Crippen molar-refractivity contribution in [3.05, 3.63) is 0 Å². The summed E-state index contributed by atoms with van der Waals surface area (Å²) in [4.78, 5) is 10.3. The Bertz CT molecular complexity index is 176. The molecule has 1 N–H and O–H groups in total. The van der Waals surface area contributed by atoms with Gasteiger partial charge in [0.25, 0.3) is 0 Å². The van der Waals surface area contributed by atoms with E-state index in [1.54, 1.807) is 0 Å². The highest BCUT2D eigenvalue weighted by Crippen LogP contribution is 2.57. The molecular weight excluding hydrogens is 152 g/mol. The Morgan fingerprint density at radius 2 is 1.83 bits per heavy atom. The van der Waals surface area contributed by atoms with E-state index in [4.69, 9.17) is 5.11 Å². The fourth-order valence-corrected chi connectivity index (χ4v) is 2.86. The fraction of sp³-hybridized carbons (Fsp3) is 0.900. The maximum absolute atomic E-state index is 10.3. The third kappa shape index (κ3) is 1.47. The van der Waals surface area contributed by atoms with Crippen LogP contribution in [0.1, 0.15) is 38.5 Å². The molecule has 2 fully saturated rings. The Kier molecular flexibility index (Phi) is 2.07. The van der Waals surface area contributed by atoms with Gasteiger partial charge in [-0.05, 0) is 37.0 Å². The van der Waals surface area contributed by atoms with Gasteiger partial charge in [0.15, 0.2) is 0 Å². The summed E-state index contributed by atoms with van der Waals surface area (Å²) in [5.74, 6) is 1.98.